The van der Waals surface area contributed by atoms with E-state index in [1.165, 1.54) is 6.07 Å². The molecule has 0 radical (unpaired) electrons. The number of hydrogen-bond donors (Lipinski definition) is 2. The number of rotatable bonds is 3. The molecule has 134 valence electrons. The molecule has 26 heavy (non-hydrogen) atoms. The molecule has 0 unspecified atom stereocenters. The van der Waals surface area contributed by atoms with Crippen LogP contribution >= 0.6 is 11.6 Å². The molecule has 0 saturated heterocycles. The summed E-state index contributed by atoms with van der Waals surface area (Å²) >= 11 is 6.30. The van der Waals surface area contributed by atoms with E-state index in [2.05, 4.69) is 15.4 Å². The van der Waals surface area contributed by atoms with Crippen LogP contribution in [0.1, 0.15) is 29.6 Å². The number of ether oxygens (including phenoxy) is 1. The molecule has 4 rings (SSSR count). The number of nitrogens with one attached hydrogen (secondary N) is 1. The first kappa shape index (κ1) is 16.7. The fraction of sp³-hybridized carbons (Fsp3) is 0.222. The predicted octanol–water partition coefficient (Wildman–Crippen LogP) is 3.81. The summed E-state index contributed by atoms with van der Waals surface area (Å²) in [5, 5.41) is 7.88. The SMILES string of the molecule is COc1cccc([C@@H]2C[C@H](c3c(F)cccc3Cl)n3nc(N)nc3N2)c1. The van der Waals surface area contributed by atoms with Crippen LogP contribution in [0, 0.1) is 5.82 Å². The van der Waals surface area contributed by atoms with E-state index in [0.717, 1.165) is 11.3 Å². The molecule has 2 heterocycles. The van der Waals surface area contributed by atoms with Gasteiger partial charge in [-0.05, 0) is 36.2 Å². The third kappa shape index (κ3) is 2.84. The van der Waals surface area contributed by atoms with Crippen molar-refractivity contribution in [2.75, 3.05) is 18.2 Å². The van der Waals surface area contributed by atoms with Crippen LogP contribution in [0.3, 0.4) is 0 Å². The molecule has 1 aromatic heterocycles. The first-order valence-electron chi connectivity index (χ1n) is 8.13. The molecule has 3 aromatic rings. The lowest BCUT2D eigenvalue weighted by atomic mass is 9.93. The zero-order valence-electron chi connectivity index (χ0n) is 14.0. The lowest BCUT2D eigenvalue weighted by molar-refractivity contribution is 0.406. The Kier molecular flexibility index (Phi) is 4.16. The first-order chi connectivity index (χ1) is 12.6. The van der Waals surface area contributed by atoms with Crippen LogP contribution in [0.25, 0.3) is 0 Å². The second-order valence-corrected chi connectivity index (χ2v) is 6.51. The number of fused-ring (bicyclic) bond motifs is 1. The Hall–Kier alpha value is -2.80. The fourth-order valence-electron chi connectivity index (χ4n) is 3.34. The highest BCUT2D eigenvalue weighted by atomic mass is 35.5. The average molecular weight is 374 g/mol. The summed E-state index contributed by atoms with van der Waals surface area (Å²) in [5.41, 5.74) is 7.15. The number of aromatic nitrogens is 3. The summed E-state index contributed by atoms with van der Waals surface area (Å²) in [4.78, 5) is 4.23. The summed E-state index contributed by atoms with van der Waals surface area (Å²) in [7, 11) is 1.62. The standard InChI is InChI=1S/C18H17ClFN5O/c1-26-11-5-2-4-10(8-11)14-9-15(16-12(19)6-3-7-13(16)20)25-18(22-14)23-17(21)24-25/h2-8,14-15H,9H2,1H3,(H3,21,22,23,24)/t14-,15+/m0/s1. The Morgan fingerprint density at radius 1 is 1.31 bits per heavy atom. The number of hydrogen-bond acceptors (Lipinski definition) is 5. The molecule has 1 aliphatic rings. The highest BCUT2D eigenvalue weighted by molar-refractivity contribution is 6.31. The largest absolute Gasteiger partial charge is 0.497 e. The van der Waals surface area contributed by atoms with Gasteiger partial charge in [-0.1, -0.05) is 29.8 Å². The van der Waals surface area contributed by atoms with Gasteiger partial charge in [0, 0.05) is 10.6 Å². The molecule has 3 N–H and O–H groups in total. The van der Waals surface area contributed by atoms with Gasteiger partial charge in [0.2, 0.25) is 11.9 Å². The van der Waals surface area contributed by atoms with E-state index < -0.39 is 6.04 Å². The van der Waals surface area contributed by atoms with Crippen molar-refractivity contribution in [3.05, 3.63) is 64.4 Å². The number of nitrogens with zero attached hydrogens (tertiary/aromatic N) is 3. The summed E-state index contributed by atoms with van der Waals surface area (Å²) in [6, 6.07) is 11.8. The molecule has 8 heteroatoms. The van der Waals surface area contributed by atoms with E-state index in [1.807, 2.05) is 24.3 Å². The van der Waals surface area contributed by atoms with Gasteiger partial charge in [0.25, 0.3) is 0 Å². The Balaban J connectivity index is 1.80. The quantitative estimate of drug-likeness (QED) is 0.730. The van der Waals surface area contributed by atoms with E-state index in [-0.39, 0.29) is 17.8 Å². The second-order valence-electron chi connectivity index (χ2n) is 6.10. The van der Waals surface area contributed by atoms with Gasteiger partial charge in [-0.15, -0.1) is 5.10 Å². The van der Waals surface area contributed by atoms with Crippen LogP contribution in [0.4, 0.5) is 16.3 Å². The van der Waals surface area contributed by atoms with Crippen molar-refractivity contribution in [1.82, 2.24) is 14.8 Å². The number of nitrogen functional groups attached to an aromatic ring is 1. The Morgan fingerprint density at radius 3 is 2.88 bits per heavy atom. The van der Waals surface area contributed by atoms with Crippen LogP contribution in [0.5, 0.6) is 5.75 Å². The third-order valence-electron chi connectivity index (χ3n) is 4.53. The van der Waals surface area contributed by atoms with Gasteiger partial charge in [-0.3, -0.25) is 0 Å². The average Bonchev–Trinajstić information content (AvgIpc) is 3.01. The minimum Gasteiger partial charge on any atom is -0.497 e. The van der Waals surface area contributed by atoms with E-state index >= 15 is 0 Å². The van der Waals surface area contributed by atoms with Crippen LogP contribution in [0.2, 0.25) is 5.02 Å². The molecule has 0 saturated carbocycles. The van der Waals surface area contributed by atoms with Gasteiger partial charge in [0.05, 0.1) is 19.2 Å². The van der Waals surface area contributed by atoms with Crippen molar-refractivity contribution in [3.63, 3.8) is 0 Å². The maximum absolute atomic E-state index is 14.6. The van der Waals surface area contributed by atoms with Gasteiger partial charge in [0.1, 0.15) is 11.6 Å². The molecule has 0 amide bonds. The van der Waals surface area contributed by atoms with E-state index in [1.54, 1.807) is 23.9 Å². The van der Waals surface area contributed by atoms with E-state index in [4.69, 9.17) is 22.1 Å². The second kappa shape index (κ2) is 6.49. The summed E-state index contributed by atoms with van der Waals surface area (Å²) in [6.07, 6.45) is 0.531. The van der Waals surface area contributed by atoms with Gasteiger partial charge in [-0.2, -0.15) is 4.98 Å². The van der Waals surface area contributed by atoms with Crippen molar-refractivity contribution >= 4 is 23.5 Å². The third-order valence-corrected chi connectivity index (χ3v) is 4.86. The molecule has 0 bridgehead atoms. The van der Waals surface area contributed by atoms with Crippen molar-refractivity contribution in [1.29, 1.82) is 0 Å². The first-order valence-corrected chi connectivity index (χ1v) is 8.51. The molecule has 0 spiro atoms. The number of nitrogens with two attached hydrogens (primary N) is 1. The maximum atomic E-state index is 14.6. The van der Waals surface area contributed by atoms with Crippen LogP contribution in [-0.2, 0) is 0 Å². The van der Waals surface area contributed by atoms with Gasteiger partial charge in [-0.25, -0.2) is 9.07 Å². The lowest BCUT2D eigenvalue weighted by Gasteiger charge is -2.32. The molecular weight excluding hydrogens is 357 g/mol. The Morgan fingerprint density at radius 2 is 2.12 bits per heavy atom. The topological polar surface area (TPSA) is 78.0 Å². The molecule has 2 atom stereocenters. The summed E-state index contributed by atoms with van der Waals surface area (Å²) in [6.45, 7) is 0. The van der Waals surface area contributed by atoms with Gasteiger partial charge in [0.15, 0.2) is 0 Å². The summed E-state index contributed by atoms with van der Waals surface area (Å²) in [5.74, 6) is 0.965. The van der Waals surface area contributed by atoms with Crippen molar-refractivity contribution in [2.24, 2.45) is 0 Å². The number of benzene rings is 2. The Labute approximate surface area is 154 Å². The summed E-state index contributed by atoms with van der Waals surface area (Å²) < 4.78 is 21.5. The zero-order chi connectivity index (χ0) is 18.3. The van der Waals surface area contributed by atoms with Gasteiger partial charge >= 0.3 is 0 Å². The Bertz CT molecular complexity index is 940. The monoisotopic (exact) mass is 373 g/mol. The van der Waals surface area contributed by atoms with E-state index in [0.29, 0.717) is 23.0 Å². The number of halogens is 2. The van der Waals surface area contributed by atoms with Gasteiger partial charge < -0.3 is 15.8 Å². The molecular formula is C18H17ClFN5O. The van der Waals surface area contributed by atoms with Crippen LogP contribution in [-0.4, -0.2) is 21.9 Å². The minimum atomic E-state index is -0.430. The number of anilines is 2. The highest BCUT2D eigenvalue weighted by Crippen LogP contribution is 2.41. The molecule has 1 aliphatic heterocycles. The van der Waals surface area contributed by atoms with Crippen LogP contribution < -0.4 is 15.8 Å². The van der Waals surface area contributed by atoms with E-state index in [9.17, 15) is 4.39 Å². The minimum absolute atomic E-state index is 0.122. The smallest absolute Gasteiger partial charge is 0.241 e. The highest BCUT2D eigenvalue weighted by Gasteiger charge is 2.33. The zero-order valence-corrected chi connectivity index (χ0v) is 14.7. The molecule has 2 aromatic carbocycles. The molecule has 0 aliphatic carbocycles. The predicted molar refractivity (Wildman–Crippen MR) is 98.0 cm³/mol. The lowest BCUT2D eigenvalue weighted by Crippen LogP contribution is -2.28. The van der Waals surface area contributed by atoms with Crippen molar-refractivity contribution in [2.45, 2.75) is 18.5 Å². The van der Waals surface area contributed by atoms with Crippen molar-refractivity contribution < 1.29 is 9.13 Å². The normalized spacial score (nSPS) is 18.9. The van der Waals surface area contributed by atoms with Crippen LogP contribution in [0.15, 0.2) is 42.5 Å². The number of methoxy groups -OCH3 is 1. The molecule has 0 fully saturated rings. The van der Waals surface area contributed by atoms with Crippen molar-refractivity contribution in [3.8, 4) is 5.75 Å². The molecule has 6 nitrogen and oxygen atoms in total. The maximum Gasteiger partial charge on any atom is 0.241 e. The fourth-order valence-corrected chi connectivity index (χ4v) is 3.63.